The summed E-state index contributed by atoms with van der Waals surface area (Å²) in [6, 6.07) is 7.94. The second kappa shape index (κ2) is 7.55. The Morgan fingerprint density at radius 3 is 2.89 bits per heavy atom. The molecule has 0 amide bonds. The van der Waals surface area contributed by atoms with Crippen LogP contribution in [0.2, 0.25) is 0 Å². The van der Waals surface area contributed by atoms with E-state index in [0.29, 0.717) is 13.2 Å². The molecule has 1 unspecified atom stereocenters. The zero-order valence-electron chi connectivity index (χ0n) is 10.8. The minimum absolute atomic E-state index is 0.0583. The summed E-state index contributed by atoms with van der Waals surface area (Å²) < 4.78 is 10.9. The van der Waals surface area contributed by atoms with Crippen LogP contribution < -0.4 is 10.5 Å². The molecule has 0 spiro atoms. The molecule has 0 aliphatic carbocycles. The van der Waals surface area contributed by atoms with Crippen molar-refractivity contribution in [2.45, 2.75) is 26.4 Å². The van der Waals surface area contributed by atoms with Gasteiger partial charge in [0, 0.05) is 0 Å². The normalized spacial score (nSPS) is 13.3. The molecule has 0 fully saturated rings. The maximum atomic E-state index is 8.45. The number of nitrogens with two attached hydrogens (primary N) is 1. The predicted octanol–water partition coefficient (Wildman–Crippen LogP) is 1.78. The van der Waals surface area contributed by atoms with Crippen LogP contribution in [0.5, 0.6) is 5.75 Å². The third-order valence-electron chi connectivity index (χ3n) is 2.56. The van der Waals surface area contributed by atoms with Gasteiger partial charge in [0.05, 0.1) is 6.61 Å². The van der Waals surface area contributed by atoms with Crippen LogP contribution in [-0.2, 0) is 11.2 Å². The SMILES string of the molecule is CCc1cccc(OCCOC(C)/C(N)=N/O)c1. The maximum absolute atomic E-state index is 8.45. The molecule has 18 heavy (non-hydrogen) atoms. The lowest BCUT2D eigenvalue weighted by molar-refractivity contribution is 0.0778. The summed E-state index contributed by atoms with van der Waals surface area (Å²) in [5, 5.41) is 11.3. The van der Waals surface area contributed by atoms with Crippen molar-refractivity contribution in [2.24, 2.45) is 10.9 Å². The summed E-state index contributed by atoms with van der Waals surface area (Å²) in [4.78, 5) is 0. The molecule has 0 aliphatic heterocycles. The first-order valence-corrected chi connectivity index (χ1v) is 5.98. The number of amidine groups is 1. The van der Waals surface area contributed by atoms with Crippen molar-refractivity contribution in [2.75, 3.05) is 13.2 Å². The largest absolute Gasteiger partial charge is 0.491 e. The first-order valence-electron chi connectivity index (χ1n) is 5.98. The topological polar surface area (TPSA) is 77.1 Å². The van der Waals surface area contributed by atoms with Gasteiger partial charge in [0.2, 0.25) is 0 Å². The van der Waals surface area contributed by atoms with E-state index in [1.807, 2.05) is 18.2 Å². The third kappa shape index (κ3) is 4.63. The molecular formula is C13H20N2O3. The van der Waals surface area contributed by atoms with Crippen LogP contribution in [0, 0.1) is 0 Å². The number of hydrogen-bond donors (Lipinski definition) is 2. The molecule has 5 heteroatoms. The fourth-order valence-electron chi connectivity index (χ4n) is 1.41. The highest BCUT2D eigenvalue weighted by Gasteiger charge is 2.07. The first-order chi connectivity index (χ1) is 8.67. The Morgan fingerprint density at radius 1 is 1.44 bits per heavy atom. The van der Waals surface area contributed by atoms with Gasteiger partial charge in [0.25, 0.3) is 0 Å². The molecule has 0 aromatic heterocycles. The van der Waals surface area contributed by atoms with Crippen LogP contribution >= 0.6 is 0 Å². The van der Waals surface area contributed by atoms with Crippen LogP contribution in [-0.4, -0.2) is 30.4 Å². The fraction of sp³-hybridized carbons (Fsp3) is 0.462. The number of benzene rings is 1. The standard InChI is InChI=1S/C13H20N2O3/c1-3-11-5-4-6-12(9-11)18-8-7-17-10(2)13(14)15-16/h4-6,9-10,16H,3,7-8H2,1-2H3,(H2,14,15). The van der Waals surface area contributed by atoms with Crippen molar-refractivity contribution in [3.05, 3.63) is 29.8 Å². The molecule has 0 saturated carbocycles. The lowest BCUT2D eigenvalue weighted by Gasteiger charge is -2.12. The number of rotatable bonds is 7. The highest BCUT2D eigenvalue weighted by atomic mass is 16.5. The number of ether oxygens (including phenoxy) is 2. The maximum Gasteiger partial charge on any atom is 0.168 e. The van der Waals surface area contributed by atoms with Crippen LogP contribution in [0.15, 0.2) is 29.4 Å². The summed E-state index contributed by atoms with van der Waals surface area (Å²) in [6.07, 6.45) is 0.564. The molecule has 100 valence electrons. The second-order valence-corrected chi connectivity index (χ2v) is 3.89. The van der Waals surface area contributed by atoms with E-state index in [1.165, 1.54) is 5.56 Å². The molecule has 1 aromatic carbocycles. The van der Waals surface area contributed by atoms with E-state index < -0.39 is 6.10 Å². The van der Waals surface area contributed by atoms with E-state index in [0.717, 1.165) is 12.2 Å². The summed E-state index contributed by atoms with van der Waals surface area (Å²) >= 11 is 0. The summed E-state index contributed by atoms with van der Waals surface area (Å²) in [5.41, 5.74) is 6.62. The van der Waals surface area contributed by atoms with Crippen molar-refractivity contribution in [1.29, 1.82) is 0 Å². The molecule has 0 aliphatic rings. The second-order valence-electron chi connectivity index (χ2n) is 3.89. The highest BCUT2D eigenvalue weighted by Crippen LogP contribution is 2.13. The van der Waals surface area contributed by atoms with Gasteiger partial charge in [-0.2, -0.15) is 0 Å². The molecule has 1 rings (SSSR count). The fourth-order valence-corrected chi connectivity index (χ4v) is 1.41. The van der Waals surface area contributed by atoms with E-state index in [4.69, 9.17) is 20.4 Å². The summed E-state index contributed by atoms with van der Waals surface area (Å²) in [6.45, 7) is 4.62. The number of oxime groups is 1. The van der Waals surface area contributed by atoms with Gasteiger partial charge < -0.3 is 20.4 Å². The smallest absolute Gasteiger partial charge is 0.168 e. The zero-order valence-corrected chi connectivity index (χ0v) is 10.8. The van der Waals surface area contributed by atoms with Crippen LogP contribution in [0.3, 0.4) is 0 Å². The third-order valence-corrected chi connectivity index (χ3v) is 2.56. The monoisotopic (exact) mass is 252 g/mol. The van der Waals surface area contributed by atoms with Gasteiger partial charge >= 0.3 is 0 Å². The van der Waals surface area contributed by atoms with E-state index in [9.17, 15) is 0 Å². The molecule has 3 N–H and O–H groups in total. The lowest BCUT2D eigenvalue weighted by atomic mass is 10.2. The molecule has 5 nitrogen and oxygen atoms in total. The van der Waals surface area contributed by atoms with Gasteiger partial charge in [0.1, 0.15) is 18.5 Å². The van der Waals surface area contributed by atoms with Crippen molar-refractivity contribution in [3.8, 4) is 5.75 Å². The number of hydrogen-bond acceptors (Lipinski definition) is 4. The predicted molar refractivity (Wildman–Crippen MR) is 70.1 cm³/mol. The van der Waals surface area contributed by atoms with Gasteiger partial charge in [-0.25, -0.2) is 0 Å². The molecular weight excluding hydrogens is 232 g/mol. The van der Waals surface area contributed by atoms with Crippen molar-refractivity contribution in [1.82, 2.24) is 0 Å². The number of aryl methyl sites for hydroxylation is 1. The number of nitrogens with zero attached hydrogens (tertiary/aromatic N) is 1. The molecule has 0 saturated heterocycles. The Bertz CT molecular complexity index is 394. The van der Waals surface area contributed by atoms with Crippen LogP contribution in [0.4, 0.5) is 0 Å². The molecule has 1 aromatic rings. The minimum Gasteiger partial charge on any atom is -0.491 e. The summed E-state index contributed by atoms with van der Waals surface area (Å²) in [7, 11) is 0. The van der Waals surface area contributed by atoms with Crippen LogP contribution in [0.25, 0.3) is 0 Å². The Morgan fingerprint density at radius 2 is 2.22 bits per heavy atom. The van der Waals surface area contributed by atoms with E-state index in [2.05, 4.69) is 18.1 Å². The molecule has 1 atom stereocenters. The zero-order chi connectivity index (χ0) is 13.4. The Balaban J connectivity index is 2.29. The van der Waals surface area contributed by atoms with E-state index in [1.54, 1.807) is 6.92 Å². The van der Waals surface area contributed by atoms with Crippen molar-refractivity contribution >= 4 is 5.84 Å². The van der Waals surface area contributed by atoms with Gasteiger partial charge in [-0.15, -0.1) is 0 Å². The van der Waals surface area contributed by atoms with Gasteiger partial charge in [-0.05, 0) is 31.0 Å². The van der Waals surface area contributed by atoms with Crippen molar-refractivity contribution in [3.63, 3.8) is 0 Å². The van der Waals surface area contributed by atoms with E-state index in [-0.39, 0.29) is 5.84 Å². The summed E-state index contributed by atoms with van der Waals surface area (Å²) in [5.74, 6) is 0.886. The average molecular weight is 252 g/mol. The average Bonchev–Trinajstić information content (AvgIpc) is 2.42. The Kier molecular flexibility index (Phi) is 6.00. The van der Waals surface area contributed by atoms with Gasteiger partial charge in [0.15, 0.2) is 5.84 Å². The molecule has 0 bridgehead atoms. The molecule has 0 heterocycles. The lowest BCUT2D eigenvalue weighted by Crippen LogP contribution is -2.30. The van der Waals surface area contributed by atoms with Gasteiger partial charge in [-0.1, -0.05) is 24.2 Å². The van der Waals surface area contributed by atoms with Crippen molar-refractivity contribution < 1.29 is 14.7 Å². The first kappa shape index (κ1) is 14.3. The van der Waals surface area contributed by atoms with Crippen LogP contribution in [0.1, 0.15) is 19.4 Å². The Labute approximate surface area is 107 Å². The van der Waals surface area contributed by atoms with E-state index >= 15 is 0 Å². The quantitative estimate of drug-likeness (QED) is 0.255. The highest BCUT2D eigenvalue weighted by molar-refractivity contribution is 5.83. The molecule has 0 radical (unpaired) electrons. The minimum atomic E-state index is -0.416. The van der Waals surface area contributed by atoms with Gasteiger partial charge in [-0.3, -0.25) is 0 Å². The Hall–Kier alpha value is -1.75.